The van der Waals surface area contributed by atoms with Crippen molar-refractivity contribution in [3.63, 3.8) is 0 Å². The topological polar surface area (TPSA) is 101 Å². The van der Waals surface area contributed by atoms with E-state index >= 15 is 0 Å². The van der Waals surface area contributed by atoms with Gasteiger partial charge in [-0.1, -0.05) is 12.1 Å². The third-order valence-electron chi connectivity index (χ3n) is 5.71. The fourth-order valence-electron chi connectivity index (χ4n) is 4.17. The number of fused-ring (bicyclic) bond motifs is 1. The Balaban J connectivity index is 2.29. The Bertz CT molecular complexity index is 989. The van der Waals surface area contributed by atoms with Crippen molar-refractivity contribution in [2.75, 3.05) is 13.1 Å². The number of nitrogens with zero attached hydrogens (tertiary/aromatic N) is 4. The first-order chi connectivity index (χ1) is 13.3. The number of allylic oxidation sites excluding steroid dienone is 2. The standard InChI is InChI=1S/C21H19F2N5/c1-12(2)28-6-5-16-15(9-28)19(13-3-4-17(22)18(23)7-13)14(8-24)20(27)21(16,10-25)11-26/h3-5,7,12,15,19H,6,9,27H2,1-2H3. The van der Waals surface area contributed by atoms with Gasteiger partial charge in [0.2, 0.25) is 5.41 Å². The second kappa shape index (κ2) is 7.08. The van der Waals surface area contributed by atoms with Crippen LogP contribution in [0.4, 0.5) is 8.78 Å². The zero-order chi connectivity index (χ0) is 20.6. The molecule has 0 aromatic heterocycles. The van der Waals surface area contributed by atoms with Gasteiger partial charge >= 0.3 is 0 Å². The Morgan fingerprint density at radius 2 is 1.86 bits per heavy atom. The van der Waals surface area contributed by atoms with Crippen LogP contribution in [0.3, 0.4) is 0 Å². The first kappa shape index (κ1) is 19.5. The SMILES string of the molecule is CC(C)N1CC=C2C(C1)C(c1ccc(F)c(F)c1)C(C#N)=C(N)C2(C#N)C#N. The monoisotopic (exact) mass is 379 g/mol. The van der Waals surface area contributed by atoms with Crippen molar-refractivity contribution >= 4 is 0 Å². The Kier molecular flexibility index (Phi) is 4.94. The van der Waals surface area contributed by atoms with Gasteiger partial charge < -0.3 is 5.73 Å². The summed E-state index contributed by atoms with van der Waals surface area (Å²) in [6, 6.07) is 9.71. The van der Waals surface area contributed by atoms with Gasteiger partial charge in [-0.05, 0) is 37.1 Å². The molecule has 0 radical (unpaired) electrons. The van der Waals surface area contributed by atoms with Gasteiger partial charge in [-0.25, -0.2) is 8.78 Å². The van der Waals surface area contributed by atoms with Crippen molar-refractivity contribution in [1.82, 2.24) is 4.90 Å². The molecule has 3 rings (SSSR count). The maximum Gasteiger partial charge on any atom is 0.204 e. The molecule has 5 nitrogen and oxygen atoms in total. The summed E-state index contributed by atoms with van der Waals surface area (Å²) in [6.07, 6.45) is 1.81. The number of nitrogens with two attached hydrogens (primary N) is 1. The summed E-state index contributed by atoms with van der Waals surface area (Å²) in [5.41, 5.74) is 5.30. The molecule has 0 amide bonds. The summed E-state index contributed by atoms with van der Waals surface area (Å²) in [4.78, 5) is 2.14. The quantitative estimate of drug-likeness (QED) is 0.796. The maximum atomic E-state index is 13.9. The second-order valence-electron chi connectivity index (χ2n) is 7.38. The molecule has 0 saturated heterocycles. The molecule has 1 aromatic carbocycles. The van der Waals surface area contributed by atoms with E-state index in [1.54, 1.807) is 0 Å². The van der Waals surface area contributed by atoms with Crippen molar-refractivity contribution in [1.29, 1.82) is 15.8 Å². The fraction of sp³-hybridized carbons (Fsp3) is 0.381. The minimum atomic E-state index is -1.73. The smallest absolute Gasteiger partial charge is 0.204 e. The van der Waals surface area contributed by atoms with Crippen LogP contribution in [0.2, 0.25) is 0 Å². The molecule has 1 heterocycles. The van der Waals surface area contributed by atoms with E-state index in [1.165, 1.54) is 6.07 Å². The minimum Gasteiger partial charge on any atom is -0.399 e. The summed E-state index contributed by atoms with van der Waals surface area (Å²) < 4.78 is 27.4. The van der Waals surface area contributed by atoms with Crippen LogP contribution in [-0.2, 0) is 0 Å². The highest BCUT2D eigenvalue weighted by Crippen LogP contribution is 2.52. The molecule has 0 fully saturated rings. The average molecular weight is 379 g/mol. The third kappa shape index (κ3) is 2.74. The van der Waals surface area contributed by atoms with Gasteiger partial charge in [0.15, 0.2) is 11.6 Å². The normalized spacial score (nSPS) is 24.0. The Morgan fingerprint density at radius 3 is 2.39 bits per heavy atom. The third-order valence-corrected chi connectivity index (χ3v) is 5.71. The molecule has 0 saturated carbocycles. The molecule has 28 heavy (non-hydrogen) atoms. The second-order valence-corrected chi connectivity index (χ2v) is 7.38. The molecule has 2 unspecified atom stereocenters. The molecule has 2 aliphatic rings. The molecule has 2 atom stereocenters. The van der Waals surface area contributed by atoms with Gasteiger partial charge in [-0.2, -0.15) is 15.8 Å². The van der Waals surface area contributed by atoms with Crippen LogP contribution in [0.25, 0.3) is 0 Å². The lowest BCUT2D eigenvalue weighted by molar-refractivity contribution is 0.186. The van der Waals surface area contributed by atoms with Crippen molar-refractivity contribution < 1.29 is 8.78 Å². The van der Waals surface area contributed by atoms with Gasteiger partial charge in [0.1, 0.15) is 0 Å². The number of benzene rings is 1. The van der Waals surface area contributed by atoms with Crippen LogP contribution in [0.1, 0.15) is 25.3 Å². The molecule has 1 aromatic rings. The molecule has 1 aliphatic heterocycles. The van der Waals surface area contributed by atoms with Gasteiger partial charge in [0.25, 0.3) is 0 Å². The summed E-state index contributed by atoms with van der Waals surface area (Å²) in [6.45, 7) is 5.04. The minimum absolute atomic E-state index is 0.0573. The van der Waals surface area contributed by atoms with Gasteiger partial charge in [0, 0.05) is 31.0 Å². The fourth-order valence-corrected chi connectivity index (χ4v) is 4.17. The molecule has 1 aliphatic carbocycles. The molecular weight excluding hydrogens is 360 g/mol. The van der Waals surface area contributed by atoms with E-state index < -0.39 is 28.9 Å². The zero-order valence-electron chi connectivity index (χ0n) is 15.6. The van der Waals surface area contributed by atoms with Crippen LogP contribution in [0, 0.1) is 57.0 Å². The molecule has 0 bridgehead atoms. The Labute approximate surface area is 162 Å². The van der Waals surface area contributed by atoms with Crippen LogP contribution >= 0.6 is 0 Å². The summed E-state index contributed by atoms with van der Waals surface area (Å²) in [5, 5.41) is 29.4. The van der Waals surface area contributed by atoms with Gasteiger partial charge in [0.05, 0.1) is 29.5 Å². The molecule has 7 heteroatoms. The van der Waals surface area contributed by atoms with Crippen molar-refractivity contribution in [3.05, 3.63) is 58.3 Å². The molecule has 2 N–H and O–H groups in total. The predicted molar refractivity (Wildman–Crippen MR) is 97.9 cm³/mol. The lowest BCUT2D eigenvalue weighted by Gasteiger charge is -2.46. The lowest BCUT2D eigenvalue weighted by atomic mass is 9.60. The maximum absolute atomic E-state index is 13.9. The van der Waals surface area contributed by atoms with Gasteiger partial charge in [-0.15, -0.1) is 0 Å². The number of nitriles is 3. The Hall–Kier alpha value is -3.21. The number of halogens is 2. The van der Waals surface area contributed by atoms with Gasteiger partial charge in [-0.3, -0.25) is 4.90 Å². The number of rotatable bonds is 2. The van der Waals surface area contributed by atoms with E-state index in [-0.39, 0.29) is 17.3 Å². The van der Waals surface area contributed by atoms with Crippen molar-refractivity contribution in [2.45, 2.75) is 25.8 Å². The number of hydrogen-bond donors (Lipinski definition) is 1. The average Bonchev–Trinajstić information content (AvgIpc) is 2.69. The summed E-state index contributed by atoms with van der Waals surface area (Å²) >= 11 is 0. The lowest BCUT2D eigenvalue weighted by Crippen LogP contribution is -2.48. The summed E-state index contributed by atoms with van der Waals surface area (Å²) in [5.74, 6) is -3.10. The molecule has 0 spiro atoms. The highest BCUT2D eigenvalue weighted by Gasteiger charge is 2.52. The largest absolute Gasteiger partial charge is 0.399 e. The first-order valence-corrected chi connectivity index (χ1v) is 8.93. The van der Waals surface area contributed by atoms with E-state index in [1.807, 2.05) is 38.1 Å². The first-order valence-electron chi connectivity index (χ1n) is 8.93. The van der Waals surface area contributed by atoms with E-state index in [4.69, 9.17) is 5.73 Å². The summed E-state index contributed by atoms with van der Waals surface area (Å²) in [7, 11) is 0. The number of hydrogen-bond acceptors (Lipinski definition) is 5. The van der Waals surface area contributed by atoms with Crippen LogP contribution in [0.15, 0.2) is 41.1 Å². The van der Waals surface area contributed by atoms with E-state index in [0.717, 1.165) is 12.1 Å². The van der Waals surface area contributed by atoms with Crippen LogP contribution in [-0.4, -0.2) is 24.0 Å². The molecular formula is C21H19F2N5. The van der Waals surface area contributed by atoms with E-state index in [9.17, 15) is 24.6 Å². The highest BCUT2D eigenvalue weighted by molar-refractivity contribution is 5.58. The van der Waals surface area contributed by atoms with Crippen molar-refractivity contribution in [2.24, 2.45) is 17.1 Å². The van der Waals surface area contributed by atoms with Crippen molar-refractivity contribution in [3.8, 4) is 18.2 Å². The van der Waals surface area contributed by atoms with E-state index in [0.29, 0.717) is 24.2 Å². The highest BCUT2D eigenvalue weighted by atomic mass is 19.2. The Morgan fingerprint density at radius 1 is 1.18 bits per heavy atom. The van der Waals surface area contributed by atoms with Crippen LogP contribution in [0.5, 0.6) is 0 Å². The van der Waals surface area contributed by atoms with E-state index in [2.05, 4.69) is 4.90 Å². The van der Waals surface area contributed by atoms with Crippen LogP contribution < -0.4 is 5.73 Å². The molecule has 142 valence electrons. The zero-order valence-corrected chi connectivity index (χ0v) is 15.6. The predicted octanol–water partition coefficient (Wildman–Crippen LogP) is 3.10.